The quantitative estimate of drug-likeness (QED) is 0.289. The third kappa shape index (κ3) is 5.73. The first-order valence-electron chi connectivity index (χ1n) is 14.3. The van der Waals surface area contributed by atoms with Crippen molar-refractivity contribution in [3.05, 3.63) is 59.9 Å². The molecule has 0 unspecified atom stereocenters. The first-order valence-corrected chi connectivity index (χ1v) is 14.3. The van der Waals surface area contributed by atoms with Crippen molar-refractivity contribution in [2.24, 2.45) is 0 Å². The summed E-state index contributed by atoms with van der Waals surface area (Å²) in [4.78, 5) is 36.0. The summed E-state index contributed by atoms with van der Waals surface area (Å²) in [6.07, 6.45) is 5.39. The standard InChI is InChI=1S/C31H35FN6O3/c1-19(39)17-23-18-37-26(33-23)12-11-25(35-37)28-27(20-7-9-22(32)10-8-20)34-29(21-5-6-21)38(28)24-13-15-36(16-14-24)30(40)41-31(2,3)4/h7-12,18,21,24H,5-6,13-17H2,1-4H3. The van der Waals surface area contributed by atoms with E-state index in [9.17, 15) is 14.0 Å². The number of nitrogens with zero attached hydrogens (tertiary/aromatic N) is 6. The molecule has 6 rings (SSSR count). The van der Waals surface area contributed by atoms with Gasteiger partial charge in [0.2, 0.25) is 0 Å². The predicted octanol–water partition coefficient (Wildman–Crippen LogP) is 5.98. The van der Waals surface area contributed by atoms with Crippen LogP contribution in [0.15, 0.2) is 42.6 Å². The van der Waals surface area contributed by atoms with E-state index in [0.29, 0.717) is 30.3 Å². The maximum absolute atomic E-state index is 13.9. The first-order chi connectivity index (χ1) is 19.6. The van der Waals surface area contributed by atoms with E-state index in [4.69, 9.17) is 14.8 Å². The van der Waals surface area contributed by atoms with Gasteiger partial charge >= 0.3 is 6.09 Å². The van der Waals surface area contributed by atoms with Crippen LogP contribution in [0.25, 0.3) is 28.3 Å². The molecule has 4 aromatic rings. The van der Waals surface area contributed by atoms with Gasteiger partial charge in [0.15, 0.2) is 5.65 Å². The number of rotatable bonds is 6. The minimum Gasteiger partial charge on any atom is -0.444 e. The highest BCUT2D eigenvalue weighted by Gasteiger charge is 2.37. The van der Waals surface area contributed by atoms with Crippen molar-refractivity contribution in [3.63, 3.8) is 0 Å². The van der Waals surface area contributed by atoms with Crippen molar-refractivity contribution in [1.29, 1.82) is 0 Å². The number of carbonyl (C=O) groups excluding carboxylic acids is 2. The summed E-state index contributed by atoms with van der Waals surface area (Å²) in [6, 6.07) is 10.4. The molecule has 1 amide bonds. The Bertz CT molecular complexity index is 1610. The van der Waals surface area contributed by atoms with Gasteiger partial charge in [-0.1, -0.05) is 0 Å². The van der Waals surface area contributed by atoms with Gasteiger partial charge in [0.1, 0.15) is 28.7 Å². The van der Waals surface area contributed by atoms with E-state index >= 15 is 0 Å². The number of Topliss-reactive ketones (excluding diaryl/α,β-unsaturated/α-hetero) is 1. The summed E-state index contributed by atoms with van der Waals surface area (Å²) in [7, 11) is 0. The topological polar surface area (TPSA) is 94.6 Å². The molecule has 41 heavy (non-hydrogen) atoms. The lowest BCUT2D eigenvalue weighted by molar-refractivity contribution is -0.116. The van der Waals surface area contributed by atoms with E-state index in [2.05, 4.69) is 9.55 Å². The minimum absolute atomic E-state index is 0.0390. The monoisotopic (exact) mass is 558 g/mol. The SMILES string of the molecule is CC(=O)Cc1cn2nc(-c3c(-c4ccc(F)cc4)nc(C4CC4)n3C3CCN(C(=O)OC(C)(C)C)CC3)ccc2n1. The number of carbonyl (C=O) groups is 2. The van der Waals surface area contributed by atoms with Crippen molar-refractivity contribution in [3.8, 4) is 22.6 Å². The molecule has 0 bridgehead atoms. The number of ketones is 1. The number of likely N-dealkylation sites (tertiary alicyclic amines) is 1. The van der Waals surface area contributed by atoms with Gasteiger partial charge in [-0.2, -0.15) is 5.10 Å². The zero-order valence-corrected chi connectivity index (χ0v) is 23.9. The van der Waals surface area contributed by atoms with Crippen molar-refractivity contribution >= 4 is 17.5 Å². The second kappa shape index (κ2) is 10.4. The van der Waals surface area contributed by atoms with Gasteiger partial charge in [-0.3, -0.25) is 4.79 Å². The smallest absolute Gasteiger partial charge is 0.410 e. The van der Waals surface area contributed by atoms with Crippen molar-refractivity contribution in [2.75, 3.05) is 13.1 Å². The predicted molar refractivity (Wildman–Crippen MR) is 152 cm³/mol. The highest BCUT2D eigenvalue weighted by atomic mass is 19.1. The van der Waals surface area contributed by atoms with Crippen LogP contribution in [0.1, 0.15) is 76.9 Å². The fourth-order valence-electron chi connectivity index (χ4n) is 5.53. The van der Waals surface area contributed by atoms with Crippen molar-refractivity contribution in [1.82, 2.24) is 29.0 Å². The Hall–Kier alpha value is -4.08. The van der Waals surface area contributed by atoms with Crippen LogP contribution in [0.5, 0.6) is 0 Å². The molecule has 1 saturated carbocycles. The number of halogens is 1. The molecule has 0 spiro atoms. The Morgan fingerprint density at radius 2 is 1.71 bits per heavy atom. The number of amides is 1. The summed E-state index contributed by atoms with van der Waals surface area (Å²) in [6.45, 7) is 8.33. The lowest BCUT2D eigenvalue weighted by Gasteiger charge is -2.35. The molecule has 0 radical (unpaired) electrons. The highest BCUT2D eigenvalue weighted by Crippen LogP contribution is 2.46. The average molecular weight is 559 g/mol. The number of aromatic nitrogens is 5. The van der Waals surface area contributed by atoms with Gasteiger partial charge in [-0.15, -0.1) is 0 Å². The molecule has 1 saturated heterocycles. The molecule has 214 valence electrons. The Balaban J connectivity index is 1.43. The molecule has 4 heterocycles. The highest BCUT2D eigenvalue weighted by molar-refractivity contribution is 5.79. The van der Waals surface area contributed by atoms with Crippen LogP contribution < -0.4 is 0 Å². The lowest BCUT2D eigenvalue weighted by Crippen LogP contribution is -2.42. The number of benzene rings is 1. The summed E-state index contributed by atoms with van der Waals surface area (Å²) in [5.74, 6) is 1.10. The molecular weight excluding hydrogens is 523 g/mol. The van der Waals surface area contributed by atoms with Crippen molar-refractivity contribution < 1.29 is 18.7 Å². The Morgan fingerprint density at radius 1 is 1.00 bits per heavy atom. The van der Waals surface area contributed by atoms with Gasteiger partial charge in [-0.25, -0.2) is 23.7 Å². The second-order valence-corrected chi connectivity index (χ2v) is 12.1. The molecule has 2 aliphatic rings. The first kappa shape index (κ1) is 27.1. The summed E-state index contributed by atoms with van der Waals surface area (Å²) in [5, 5.41) is 4.93. The molecule has 2 fully saturated rings. The molecule has 1 aliphatic heterocycles. The fraction of sp³-hybridized carbons (Fsp3) is 0.452. The largest absolute Gasteiger partial charge is 0.444 e. The van der Waals surface area contributed by atoms with Gasteiger partial charge in [0.05, 0.1) is 29.7 Å². The van der Waals surface area contributed by atoms with E-state index in [0.717, 1.165) is 54.2 Å². The van der Waals surface area contributed by atoms with Crippen LogP contribution in [-0.2, 0) is 16.0 Å². The normalized spacial score (nSPS) is 16.4. The second-order valence-electron chi connectivity index (χ2n) is 12.1. The van der Waals surface area contributed by atoms with E-state index in [1.54, 1.807) is 34.7 Å². The van der Waals surface area contributed by atoms with Crippen LogP contribution in [0.2, 0.25) is 0 Å². The Morgan fingerprint density at radius 3 is 2.34 bits per heavy atom. The van der Waals surface area contributed by atoms with E-state index in [-0.39, 0.29) is 30.2 Å². The van der Waals surface area contributed by atoms with Gasteiger partial charge in [0.25, 0.3) is 0 Å². The zero-order valence-electron chi connectivity index (χ0n) is 23.9. The van der Waals surface area contributed by atoms with Gasteiger partial charge in [0, 0.05) is 30.6 Å². The molecular formula is C31H35FN6O3. The maximum Gasteiger partial charge on any atom is 0.410 e. The maximum atomic E-state index is 13.9. The van der Waals surface area contributed by atoms with Crippen LogP contribution in [0.3, 0.4) is 0 Å². The van der Waals surface area contributed by atoms with Crippen LogP contribution in [0, 0.1) is 5.82 Å². The molecule has 9 nitrogen and oxygen atoms in total. The molecule has 3 aromatic heterocycles. The Labute approximate surface area is 238 Å². The van der Waals surface area contributed by atoms with Crippen molar-refractivity contribution in [2.45, 2.75) is 77.4 Å². The molecule has 0 atom stereocenters. The number of hydrogen-bond donors (Lipinski definition) is 0. The summed E-state index contributed by atoms with van der Waals surface area (Å²) >= 11 is 0. The van der Waals surface area contributed by atoms with Gasteiger partial charge in [-0.05, 0) is 89.8 Å². The van der Waals surface area contributed by atoms with Crippen LogP contribution in [0.4, 0.5) is 9.18 Å². The summed E-state index contributed by atoms with van der Waals surface area (Å²) < 4.78 is 23.5. The average Bonchev–Trinajstić information content (AvgIpc) is 3.56. The molecule has 10 heteroatoms. The van der Waals surface area contributed by atoms with Gasteiger partial charge < -0.3 is 14.2 Å². The number of fused-ring (bicyclic) bond motifs is 1. The fourth-order valence-corrected chi connectivity index (χ4v) is 5.53. The molecule has 1 aliphatic carbocycles. The Kier molecular flexibility index (Phi) is 6.87. The summed E-state index contributed by atoms with van der Waals surface area (Å²) in [5.41, 5.74) is 3.96. The third-order valence-corrected chi connectivity index (χ3v) is 7.52. The minimum atomic E-state index is -0.545. The lowest BCUT2D eigenvalue weighted by atomic mass is 10.0. The molecule has 1 aromatic carbocycles. The number of hydrogen-bond acceptors (Lipinski definition) is 6. The van der Waals surface area contributed by atoms with E-state index in [1.165, 1.54) is 12.1 Å². The number of imidazole rings is 2. The van der Waals surface area contributed by atoms with Crippen LogP contribution in [-0.4, -0.2) is 59.6 Å². The third-order valence-electron chi connectivity index (χ3n) is 7.52. The van der Waals surface area contributed by atoms with E-state index in [1.807, 2.05) is 32.9 Å². The molecule has 0 N–H and O–H groups in total. The zero-order chi connectivity index (χ0) is 28.9. The number of piperidine rings is 1. The van der Waals surface area contributed by atoms with E-state index < -0.39 is 5.60 Å². The number of ether oxygens (including phenoxy) is 1. The van der Waals surface area contributed by atoms with Crippen LogP contribution >= 0.6 is 0 Å².